The van der Waals surface area contributed by atoms with E-state index < -0.39 is 0 Å². The minimum Gasteiger partial charge on any atom is -0.354 e. The Balaban J connectivity index is 2.18. The van der Waals surface area contributed by atoms with Crippen molar-refractivity contribution in [3.63, 3.8) is 0 Å². The first-order valence-corrected chi connectivity index (χ1v) is 4.36. The lowest BCUT2D eigenvalue weighted by atomic mass is 10.2. The fourth-order valence-corrected chi connectivity index (χ4v) is 1.87. The van der Waals surface area contributed by atoms with Crippen LogP contribution < -0.4 is 5.32 Å². The second-order valence-electron chi connectivity index (χ2n) is 3.29. The summed E-state index contributed by atoms with van der Waals surface area (Å²) in [6.07, 6.45) is 2.12. The first-order valence-electron chi connectivity index (χ1n) is 4.36. The molecule has 2 fully saturated rings. The molecule has 12 heavy (non-hydrogen) atoms. The molecule has 1 atom stereocenters. The van der Waals surface area contributed by atoms with Gasteiger partial charge in [-0.05, 0) is 12.8 Å². The molecule has 2 aliphatic heterocycles. The highest BCUT2D eigenvalue weighted by Crippen LogP contribution is 2.20. The zero-order chi connectivity index (χ0) is 8.55. The predicted octanol–water partition coefficient (Wildman–Crippen LogP) is -0.503. The summed E-state index contributed by atoms with van der Waals surface area (Å²) < 4.78 is 0. The fourth-order valence-electron chi connectivity index (χ4n) is 1.87. The van der Waals surface area contributed by atoms with Gasteiger partial charge < -0.3 is 10.2 Å². The van der Waals surface area contributed by atoms with Crippen LogP contribution in [0.1, 0.15) is 19.3 Å². The lowest BCUT2D eigenvalue weighted by Crippen LogP contribution is -2.41. The Morgan fingerprint density at radius 1 is 1.42 bits per heavy atom. The Morgan fingerprint density at radius 3 is 3.08 bits per heavy atom. The molecule has 4 heteroatoms. The van der Waals surface area contributed by atoms with Gasteiger partial charge in [-0.15, -0.1) is 0 Å². The lowest BCUT2D eigenvalue weighted by Gasteiger charge is -2.19. The minimum atomic E-state index is -0.167. The molecular weight excluding hydrogens is 156 g/mol. The van der Waals surface area contributed by atoms with Crippen LogP contribution in [0.25, 0.3) is 0 Å². The third kappa shape index (κ3) is 1.07. The Hall–Kier alpha value is -1.06. The molecular formula is C8H12N2O2. The highest BCUT2D eigenvalue weighted by molar-refractivity contribution is 5.91. The van der Waals surface area contributed by atoms with Gasteiger partial charge in [0.1, 0.15) is 6.04 Å². The average molecular weight is 168 g/mol. The highest BCUT2D eigenvalue weighted by atomic mass is 16.2. The number of carbonyl (C=O) groups is 2. The molecule has 0 aromatic carbocycles. The molecule has 2 rings (SSSR count). The number of nitrogens with one attached hydrogen (secondary N) is 1. The minimum absolute atomic E-state index is 0.0263. The van der Waals surface area contributed by atoms with Crippen LogP contribution in [0.3, 0.4) is 0 Å². The molecule has 0 bridgehead atoms. The molecule has 2 aliphatic rings. The summed E-state index contributed by atoms with van der Waals surface area (Å²) in [5.74, 6) is 0.162. The largest absolute Gasteiger partial charge is 0.354 e. The number of hydrogen-bond acceptors (Lipinski definition) is 2. The first kappa shape index (κ1) is 7.58. The van der Waals surface area contributed by atoms with Gasteiger partial charge in [-0.2, -0.15) is 0 Å². The van der Waals surface area contributed by atoms with Crippen molar-refractivity contribution < 1.29 is 9.59 Å². The zero-order valence-electron chi connectivity index (χ0n) is 6.88. The molecule has 0 aromatic heterocycles. The third-order valence-electron chi connectivity index (χ3n) is 2.51. The van der Waals surface area contributed by atoms with Gasteiger partial charge in [0, 0.05) is 19.5 Å². The van der Waals surface area contributed by atoms with Crippen LogP contribution in [0.4, 0.5) is 0 Å². The van der Waals surface area contributed by atoms with Gasteiger partial charge in [-0.25, -0.2) is 0 Å². The predicted molar refractivity (Wildman–Crippen MR) is 42.4 cm³/mol. The number of amides is 2. The SMILES string of the molecule is O=C1NCCCN2C(=O)CCC12. The molecule has 0 saturated carbocycles. The Kier molecular flexibility index (Phi) is 1.75. The van der Waals surface area contributed by atoms with Crippen molar-refractivity contribution in [2.24, 2.45) is 0 Å². The summed E-state index contributed by atoms with van der Waals surface area (Å²) in [5.41, 5.74) is 0. The smallest absolute Gasteiger partial charge is 0.242 e. The van der Waals surface area contributed by atoms with Crippen LogP contribution in [-0.2, 0) is 9.59 Å². The van der Waals surface area contributed by atoms with Gasteiger partial charge in [0.05, 0.1) is 0 Å². The molecule has 0 radical (unpaired) electrons. The molecule has 0 aromatic rings. The second-order valence-corrected chi connectivity index (χ2v) is 3.29. The summed E-state index contributed by atoms with van der Waals surface area (Å²) >= 11 is 0. The molecule has 4 nitrogen and oxygen atoms in total. The van der Waals surface area contributed by atoms with Crippen molar-refractivity contribution in [2.45, 2.75) is 25.3 Å². The van der Waals surface area contributed by atoms with E-state index in [0.717, 1.165) is 13.0 Å². The standard InChI is InChI=1S/C8H12N2O2/c11-7-3-2-6-8(12)9-4-1-5-10(6)7/h6H,1-5H2,(H,9,12). The van der Waals surface area contributed by atoms with Gasteiger partial charge in [0.25, 0.3) is 0 Å². The van der Waals surface area contributed by atoms with Gasteiger partial charge >= 0.3 is 0 Å². The number of rotatable bonds is 0. The number of hydrogen-bond donors (Lipinski definition) is 1. The van der Waals surface area contributed by atoms with Crippen LogP contribution in [0.5, 0.6) is 0 Å². The van der Waals surface area contributed by atoms with Gasteiger partial charge in [-0.1, -0.05) is 0 Å². The van der Waals surface area contributed by atoms with Crippen LogP contribution >= 0.6 is 0 Å². The van der Waals surface area contributed by atoms with Gasteiger partial charge in [-0.3, -0.25) is 9.59 Å². The van der Waals surface area contributed by atoms with Crippen LogP contribution in [0.2, 0.25) is 0 Å². The molecule has 66 valence electrons. The zero-order valence-corrected chi connectivity index (χ0v) is 6.88. The van der Waals surface area contributed by atoms with E-state index in [-0.39, 0.29) is 17.9 Å². The van der Waals surface area contributed by atoms with Crippen LogP contribution in [0, 0.1) is 0 Å². The number of carbonyl (C=O) groups excluding carboxylic acids is 2. The van der Waals surface area contributed by atoms with Crippen molar-refractivity contribution in [3.8, 4) is 0 Å². The fraction of sp³-hybridized carbons (Fsp3) is 0.750. The van der Waals surface area contributed by atoms with E-state index in [1.165, 1.54) is 0 Å². The average Bonchev–Trinajstić information content (AvgIpc) is 2.30. The quantitative estimate of drug-likeness (QED) is 0.530. The maximum Gasteiger partial charge on any atom is 0.242 e. The van der Waals surface area contributed by atoms with Gasteiger partial charge in [0.15, 0.2) is 0 Å². The van der Waals surface area contributed by atoms with E-state index >= 15 is 0 Å². The molecule has 2 saturated heterocycles. The monoisotopic (exact) mass is 168 g/mol. The van der Waals surface area contributed by atoms with E-state index in [1.807, 2.05) is 0 Å². The second kappa shape index (κ2) is 2.77. The van der Waals surface area contributed by atoms with Crippen LogP contribution in [-0.4, -0.2) is 35.8 Å². The number of fused-ring (bicyclic) bond motifs is 1. The van der Waals surface area contributed by atoms with Crippen LogP contribution in [0.15, 0.2) is 0 Å². The van der Waals surface area contributed by atoms with Crippen molar-refractivity contribution in [1.82, 2.24) is 10.2 Å². The number of nitrogens with zero attached hydrogens (tertiary/aromatic N) is 1. The summed E-state index contributed by atoms with van der Waals surface area (Å²) in [4.78, 5) is 24.3. The van der Waals surface area contributed by atoms with E-state index in [4.69, 9.17) is 0 Å². The first-order chi connectivity index (χ1) is 5.79. The van der Waals surface area contributed by atoms with E-state index in [2.05, 4.69) is 5.32 Å². The van der Waals surface area contributed by atoms with E-state index in [1.54, 1.807) is 4.90 Å². The summed E-state index contributed by atoms with van der Waals surface area (Å²) in [6.45, 7) is 1.45. The molecule has 0 aliphatic carbocycles. The Morgan fingerprint density at radius 2 is 2.25 bits per heavy atom. The summed E-state index contributed by atoms with van der Waals surface area (Å²) in [5, 5.41) is 2.80. The Bertz CT molecular complexity index is 227. The summed E-state index contributed by atoms with van der Waals surface area (Å²) in [6, 6.07) is -0.167. The topological polar surface area (TPSA) is 49.4 Å². The highest BCUT2D eigenvalue weighted by Gasteiger charge is 2.36. The normalized spacial score (nSPS) is 29.7. The van der Waals surface area contributed by atoms with Crippen molar-refractivity contribution in [1.29, 1.82) is 0 Å². The molecule has 2 amide bonds. The molecule has 1 N–H and O–H groups in total. The van der Waals surface area contributed by atoms with Crippen molar-refractivity contribution in [2.75, 3.05) is 13.1 Å². The van der Waals surface area contributed by atoms with Crippen molar-refractivity contribution in [3.05, 3.63) is 0 Å². The van der Waals surface area contributed by atoms with E-state index in [9.17, 15) is 9.59 Å². The maximum absolute atomic E-state index is 11.3. The summed E-state index contributed by atoms with van der Waals surface area (Å²) in [7, 11) is 0. The van der Waals surface area contributed by atoms with Crippen molar-refractivity contribution >= 4 is 11.8 Å². The third-order valence-corrected chi connectivity index (χ3v) is 2.51. The molecule has 0 spiro atoms. The maximum atomic E-state index is 11.3. The van der Waals surface area contributed by atoms with E-state index in [0.29, 0.717) is 19.4 Å². The molecule has 1 unspecified atom stereocenters. The Labute approximate surface area is 70.9 Å². The molecule has 2 heterocycles. The lowest BCUT2D eigenvalue weighted by molar-refractivity contribution is -0.134. The van der Waals surface area contributed by atoms with Gasteiger partial charge in [0.2, 0.25) is 11.8 Å².